The lowest BCUT2D eigenvalue weighted by molar-refractivity contribution is -0.149. The van der Waals surface area contributed by atoms with Crippen molar-refractivity contribution in [3.8, 4) is 0 Å². The van der Waals surface area contributed by atoms with E-state index in [2.05, 4.69) is 5.32 Å². The van der Waals surface area contributed by atoms with Crippen LogP contribution in [0.4, 0.5) is 0 Å². The molecule has 0 aromatic carbocycles. The first-order valence-electron chi connectivity index (χ1n) is 5.79. The molecule has 17 heavy (non-hydrogen) atoms. The first-order chi connectivity index (χ1) is 7.93. The molecule has 2 saturated heterocycles. The van der Waals surface area contributed by atoms with Crippen LogP contribution in [0.25, 0.3) is 0 Å². The molecule has 0 aromatic rings. The van der Waals surface area contributed by atoms with Crippen LogP contribution in [-0.4, -0.2) is 52.8 Å². The van der Waals surface area contributed by atoms with Crippen LogP contribution < -0.4 is 5.32 Å². The second kappa shape index (κ2) is 4.01. The molecule has 0 saturated carbocycles. The molecule has 2 fully saturated rings. The van der Waals surface area contributed by atoms with Crippen LogP contribution in [0.2, 0.25) is 0 Å². The summed E-state index contributed by atoms with van der Waals surface area (Å²) in [6.07, 6.45) is 1.31. The van der Waals surface area contributed by atoms with Crippen molar-refractivity contribution in [1.29, 1.82) is 0 Å². The normalized spacial score (nSPS) is 21.1. The Bertz CT molecular complexity index is 378. The minimum Gasteiger partial charge on any atom is -0.337 e. The molecule has 2 aliphatic heterocycles. The lowest BCUT2D eigenvalue weighted by atomic mass is 10.0. The van der Waals surface area contributed by atoms with Gasteiger partial charge in [0.15, 0.2) is 0 Å². The summed E-state index contributed by atoms with van der Waals surface area (Å²) < 4.78 is 0. The average Bonchev–Trinajstić information content (AvgIpc) is 2.86. The molecule has 6 nitrogen and oxygen atoms in total. The Hall–Kier alpha value is -1.59. The lowest BCUT2D eigenvalue weighted by Gasteiger charge is -2.36. The van der Waals surface area contributed by atoms with Crippen molar-refractivity contribution in [3.63, 3.8) is 0 Å². The number of hydrogen-bond donors (Lipinski definition) is 1. The summed E-state index contributed by atoms with van der Waals surface area (Å²) in [5.41, 5.74) is -0.861. The minimum atomic E-state index is -0.861. The van der Waals surface area contributed by atoms with Gasteiger partial charge in [-0.05, 0) is 20.3 Å². The second-order valence-corrected chi connectivity index (χ2v) is 4.97. The van der Waals surface area contributed by atoms with Crippen LogP contribution in [0.15, 0.2) is 0 Å². The van der Waals surface area contributed by atoms with E-state index in [4.69, 9.17) is 0 Å². The van der Waals surface area contributed by atoms with E-state index in [9.17, 15) is 14.4 Å². The van der Waals surface area contributed by atoms with Gasteiger partial charge < -0.3 is 15.1 Å². The molecule has 2 heterocycles. The smallest absolute Gasteiger partial charge is 0.249 e. The number of amides is 3. The quantitative estimate of drug-likeness (QED) is 0.693. The first kappa shape index (κ1) is 11.9. The summed E-state index contributed by atoms with van der Waals surface area (Å²) in [5, 5.41) is 2.59. The van der Waals surface area contributed by atoms with Crippen molar-refractivity contribution in [1.82, 2.24) is 15.1 Å². The van der Waals surface area contributed by atoms with E-state index in [1.165, 1.54) is 4.90 Å². The topological polar surface area (TPSA) is 69.7 Å². The molecular formula is C11H17N3O3. The van der Waals surface area contributed by atoms with Gasteiger partial charge in [0.05, 0.1) is 6.67 Å². The van der Waals surface area contributed by atoms with E-state index in [0.29, 0.717) is 13.0 Å². The Morgan fingerprint density at radius 2 is 2.06 bits per heavy atom. The number of nitrogens with zero attached hydrogens (tertiary/aromatic N) is 2. The van der Waals surface area contributed by atoms with Gasteiger partial charge in [-0.3, -0.25) is 14.4 Å². The summed E-state index contributed by atoms with van der Waals surface area (Å²) in [5.74, 6) is -0.310. The van der Waals surface area contributed by atoms with E-state index in [-0.39, 0.29) is 30.9 Å². The zero-order valence-electron chi connectivity index (χ0n) is 10.2. The van der Waals surface area contributed by atoms with Gasteiger partial charge in [-0.2, -0.15) is 0 Å². The second-order valence-electron chi connectivity index (χ2n) is 4.97. The largest absolute Gasteiger partial charge is 0.337 e. The van der Waals surface area contributed by atoms with E-state index in [1.54, 1.807) is 18.7 Å². The highest BCUT2D eigenvalue weighted by molar-refractivity contribution is 5.95. The fraction of sp³-hybridized carbons (Fsp3) is 0.727. The predicted octanol–water partition coefficient (Wildman–Crippen LogP) is -0.697. The van der Waals surface area contributed by atoms with E-state index >= 15 is 0 Å². The van der Waals surface area contributed by atoms with Gasteiger partial charge in [0.25, 0.3) is 0 Å². The van der Waals surface area contributed by atoms with Gasteiger partial charge in [-0.1, -0.05) is 0 Å². The number of carbonyl (C=O) groups is 3. The molecule has 1 N–H and O–H groups in total. The summed E-state index contributed by atoms with van der Waals surface area (Å²) in [7, 11) is 0. The molecule has 94 valence electrons. The highest BCUT2D eigenvalue weighted by Crippen LogP contribution is 2.24. The van der Waals surface area contributed by atoms with Gasteiger partial charge in [0, 0.05) is 13.0 Å². The van der Waals surface area contributed by atoms with Gasteiger partial charge in [0.1, 0.15) is 12.1 Å². The molecule has 0 aliphatic carbocycles. The molecule has 0 unspecified atom stereocenters. The summed E-state index contributed by atoms with van der Waals surface area (Å²) in [6.45, 7) is 4.42. The van der Waals surface area contributed by atoms with Gasteiger partial charge in [-0.25, -0.2) is 0 Å². The molecule has 0 bridgehead atoms. The molecule has 6 heteroatoms. The van der Waals surface area contributed by atoms with E-state index in [1.807, 2.05) is 0 Å². The van der Waals surface area contributed by atoms with E-state index in [0.717, 1.165) is 6.42 Å². The van der Waals surface area contributed by atoms with Gasteiger partial charge in [-0.15, -0.1) is 0 Å². The van der Waals surface area contributed by atoms with E-state index < -0.39 is 5.54 Å². The number of carbonyl (C=O) groups excluding carboxylic acids is 3. The standard InChI is InChI=1S/C11H17N3O3/c1-11(2,14-5-3-4-9(14)16)10(17)13-6-8(15)12-7-13/h3-7H2,1-2H3,(H,12,15). The van der Waals surface area contributed by atoms with Crippen molar-refractivity contribution >= 4 is 17.7 Å². The maximum absolute atomic E-state index is 12.3. The monoisotopic (exact) mass is 239 g/mol. The van der Waals surface area contributed by atoms with Crippen LogP contribution in [-0.2, 0) is 14.4 Å². The SMILES string of the molecule is CC(C)(C(=O)N1CNC(=O)C1)N1CCCC1=O. The molecule has 0 atom stereocenters. The molecule has 0 aromatic heterocycles. The van der Waals surface area contributed by atoms with Crippen molar-refractivity contribution in [2.45, 2.75) is 32.2 Å². The Labute approximate surface area is 99.9 Å². The summed E-state index contributed by atoms with van der Waals surface area (Å²) in [6, 6.07) is 0. The minimum absolute atomic E-state index is 0.0156. The predicted molar refractivity (Wildman–Crippen MR) is 59.7 cm³/mol. The fourth-order valence-corrected chi connectivity index (χ4v) is 2.35. The summed E-state index contributed by atoms with van der Waals surface area (Å²) in [4.78, 5) is 38.1. The van der Waals surface area contributed by atoms with Crippen molar-refractivity contribution < 1.29 is 14.4 Å². The molecule has 0 radical (unpaired) electrons. The third kappa shape index (κ3) is 1.99. The maximum atomic E-state index is 12.3. The fourth-order valence-electron chi connectivity index (χ4n) is 2.35. The van der Waals surface area contributed by atoms with Crippen LogP contribution >= 0.6 is 0 Å². The molecule has 3 amide bonds. The number of nitrogens with one attached hydrogen (secondary N) is 1. The molecule has 0 spiro atoms. The zero-order valence-corrected chi connectivity index (χ0v) is 10.2. The van der Waals surface area contributed by atoms with Crippen molar-refractivity contribution in [2.24, 2.45) is 0 Å². The van der Waals surface area contributed by atoms with Crippen LogP contribution in [0.1, 0.15) is 26.7 Å². The lowest BCUT2D eigenvalue weighted by Crippen LogP contribution is -2.56. The van der Waals surface area contributed by atoms with Crippen molar-refractivity contribution in [3.05, 3.63) is 0 Å². The molecule has 2 aliphatic rings. The van der Waals surface area contributed by atoms with Gasteiger partial charge in [0.2, 0.25) is 17.7 Å². The number of rotatable bonds is 2. The third-order valence-corrected chi connectivity index (χ3v) is 3.36. The summed E-state index contributed by atoms with van der Waals surface area (Å²) >= 11 is 0. The molecule has 2 rings (SSSR count). The van der Waals surface area contributed by atoms with Crippen LogP contribution in [0, 0.1) is 0 Å². The Morgan fingerprint density at radius 3 is 2.53 bits per heavy atom. The zero-order chi connectivity index (χ0) is 12.6. The Morgan fingerprint density at radius 1 is 1.35 bits per heavy atom. The molecular weight excluding hydrogens is 222 g/mol. The number of likely N-dealkylation sites (tertiary alicyclic amines) is 1. The highest BCUT2D eigenvalue weighted by Gasteiger charge is 2.43. The number of hydrogen-bond acceptors (Lipinski definition) is 3. The van der Waals surface area contributed by atoms with Gasteiger partial charge >= 0.3 is 0 Å². The maximum Gasteiger partial charge on any atom is 0.249 e. The van der Waals surface area contributed by atoms with Crippen molar-refractivity contribution in [2.75, 3.05) is 19.8 Å². The Kier molecular flexibility index (Phi) is 2.81. The third-order valence-electron chi connectivity index (χ3n) is 3.36. The Balaban J connectivity index is 2.11. The van der Waals surface area contributed by atoms with Crippen LogP contribution in [0.3, 0.4) is 0 Å². The first-order valence-corrected chi connectivity index (χ1v) is 5.79. The highest BCUT2D eigenvalue weighted by atomic mass is 16.2. The average molecular weight is 239 g/mol. The van der Waals surface area contributed by atoms with Crippen LogP contribution in [0.5, 0.6) is 0 Å².